The number of rotatable bonds is 3. The summed E-state index contributed by atoms with van der Waals surface area (Å²) in [6.07, 6.45) is 9.48. The summed E-state index contributed by atoms with van der Waals surface area (Å²) >= 11 is 3.85. The molecule has 0 radical (unpaired) electrons. The smallest absolute Gasteiger partial charge is 0.123 e. The summed E-state index contributed by atoms with van der Waals surface area (Å²) in [5.41, 5.74) is 3.45. The predicted molar refractivity (Wildman–Crippen MR) is 83.4 cm³/mol. The second kappa shape index (κ2) is 6.88. The van der Waals surface area contributed by atoms with Crippen LogP contribution in [-0.2, 0) is 0 Å². The largest absolute Gasteiger partial charge is 0.207 e. The van der Waals surface area contributed by atoms with Gasteiger partial charge in [0.05, 0.1) is 0 Å². The van der Waals surface area contributed by atoms with Crippen molar-refractivity contribution in [1.82, 2.24) is 0 Å². The van der Waals surface area contributed by atoms with Gasteiger partial charge in [0.15, 0.2) is 0 Å². The fourth-order valence-corrected chi connectivity index (χ4v) is 4.68. The van der Waals surface area contributed by atoms with Crippen LogP contribution >= 0.6 is 15.9 Å². The van der Waals surface area contributed by atoms with Gasteiger partial charge < -0.3 is 0 Å². The number of hydrogen-bond donors (Lipinski definition) is 0. The molecule has 2 heteroatoms. The maximum Gasteiger partial charge on any atom is 0.123 e. The van der Waals surface area contributed by atoms with Crippen LogP contribution in [0.3, 0.4) is 0 Å². The van der Waals surface area contributed by atoms with Crippen LogP contribution in [-0.4, -0.2) is 0 Å². The molecule has 1 fully saturated rings. The van der Waals surface area contributed by atoms with Crippen molar-refractivity contribution in [2.45, 2.75) is 63.6 Å². The lowest BCUT2D eigenvalue weighted by Crippen LogP contribution is -2.06. The molecule has 19 heavy (non-hydrogen) atoms. The second-order valence-corrected chi connectivity index (χ2v) is 7.12. The Morgan fingerprint density at radius 1 is 1.11 bits per heavy atom. The fourth-order valence-electron chi connectivity index (χ4n) is 3.43. The minimum Gasteiger partial charge on any atom is -0.207 e. The monoisotopic (exact) mass is 326 g/mol. The number of alkyl halides is 1. The minimum absolute atomic E-state index is 0.118. The van der Waals surface area contributed by atoms with Crippen LogP contribution in [0.4, 0.5) is 4.39 Å². The lowest BCUT2D eigenvalue weighted by atomic mass is 9.90. The summed E-state index contributed by atoms with van der Waals surface area (Å²) in [4.78, 5) is 0.371. The molecule has 1 aromatic carbocycles. The van der Waals surface area contributed by atoms with Gasteiger partial charge in [0, 0.05) is 4.83 Å². The molecule has 1 unspecified atom stereocenters. The molecule has 1 saturated carbocycles. The van der Waals surface area contributed by atoms with Crippen molar-refractivity contribution in [2.75, 3.05) is 0 Å². The normalized spacial score (nSPS) is 19.2. The van der Waals surface area contributed by atoms with Crippen LogP contribution in [0, 0.1) is 25.6 Å². The molecule has 0 spiro atoms. The van der Waals surface area contributed by atoms with Crippen molar-refractivity contribution in [3.05, 3.63) is 34.6 Å². The topological polar surface area (TPSA) is 0 Å². The standard InChI is InChI=1S/C17H24BrF/c1-12-9-15(19)10-13(2)17(12)16(18)11-14-7-5-3-4-6-8-14/h9-10,14,16H,3-8,11H2,1-2H3. The molecule has 0 amide bonds. The van der Waals surface area contributed by atoms with Crippen molar-refractivity contribution in [1.29, 1.82) is 0 Å². The first kappa shape index (κ1) is 15.0. The highest BCUT2D eigenvalue weighted by molar-refractivity contribution is 9.09. The van der Waals surface area contributed by atoms with Crippen molar-refractivity contribution < 1.29 is 4.39 Å². The Balaban J connectivity index is 2.08. The van der Waals surface area contributed by atoms with Gasteiger partial charge in [-0.25, -0.2) is 4.39 Å². The second-order valence-electron chi connectivity index (χ2n) is 6.01. The quantitative estimate of drug-likeness (QED) is 0.455. The van der Waals surface area contributed by atoms with E-state index in [2.05, 4.69) is 15.9 Å². The van der Waals surface area contributed by atoms with Crippen LogP contribution in [0.2, 0.25) is 0 Å². The summed E-state index contributed by atoms with van der Waals surface area (Å²) < 4.78 is 13.4. The zero-order valence-corrected chi connectivity index (χ0v) is 13.6. The zero-order chi connectivity index (χ0) is 13.8. The highest BCUT2D eigenvalue weighted by atomic mass is 79.9. The molecule has 0 bridgehead atoms. The summed E-state index contributed by atoms with van der Waals surface area (Å²) in [5.74, 6) is 0.712. The van der Waals surface area contributed by atoms with E-state index in [4.69, 9.17) is 0 Å². The van der Waals surface area contributed by atoms with Gasteiger partial charge in [-0.1, -0.05) is 54.5 Å². The van der Waals surface area contributed by atoms with Gasteiger partial charge in [0.1, 0.15) is 5.82 Å². The van der Waals surface area contributed by atoms with Crippen LogP contribution in [0.1, 0.15) is 66.5 Å². The fraction of sp³-hybridized carbons (Fsp3) is 0.647. The van der Waals surface area contributed by atoms with Gasteiger partial charge in [-0.3, -0.25) is 0 Å². The average molecular weight is 327 g/mol. The molecule has 0 saturated heterocycles. The van der Waals surface area contributed by atoms with Gasteiger partial charge in [0.2, 0.25) is 0 Å². The first-order valence-electron chi connectivity index (χ1n) is 7.48. The third-order valence-corrected chi connectivity index (χ3v) is 5.22. The molecule has 106 valence electrons. The Morgan fingerprint density at radius 2 is 1.63 bits per heavy atom. The summed E-state index contributed by atoms with van der Waals surface area (Å²) in [6, 6.07) is 3.31. The number of hydrogen-bond acceptors (Lipinski definition) is 0. The Hall–Kier alpha value is -0.370. The van der Waals surface area contributed by atoms with Crippen LogP contribution in [0.25, 0.3) is 0 Å². The van der Waals surface area contributed by atoms with Crippen LogP contribution in [0.15, 0.2) is 12.1 Å². The first-order chi connectivity index (χ1) is 9.08. The Labute approximate surface area is 124 Å². The molecular formula is C17H24BrF. The average Bonchev–Trinajstić information content (AvgIpc) is 2.56. The van der Waals surface area contributed by atoms with E-state index in [0.717, 1.165) is 17.0 Å². The first-order valence-corrected chi connectivity index (χ1v) is 8.40. The van der Waals surface area contributed by atoms with Crippen molar-refractivity contribution in [3.8, 4) is 0 Å². The third kappa shape index (κ3) is 4.05. The summed E-state index contributed by atoms with van der Waals surface area (Å²) in [5, 5.41) is 0. The number of halogens is 2. The molecule has 1 aliphatic rings. The van der Waals surface area contributed by atoms with Gasteiger partial charge in [0.25, 0.3) is 0 Å². The summed E-state index contributed by atoms with van der Waals surface area (Å²) in [7, 11) is 0. The molecule has 0 aliphatic heterocycles. The van der Waals surface area contributed by atoms with E-state index < -0.39 is 0 Å². The Kier molecular flexibility index (Phi) is 5.44. The van der Waals surface area contributed by atoms with E-state index in [1.54, 1.807) is 12.1 Å². The lowest BCUT2D eigenvalue weighted by molar-refractivity contribution is 0.426. The van der Waals surface area contributed by atoms with Gasteiger partial charge >= 0.3 is 0 Å². The maximum absolute atomic E-state index is 13.4. The van der Waals surface area contributed by atoms with E-state index in [9.17, 15) is 4.39 Å². The third-order valence-electron chi connectivity index (χ3n) is 4.39. The van der Waals surface area contributed by atoms with Gasteiger partial charge in [-0.05, 0) is 55.0 Å². The van der Waals surface area contributed by atoms with Gasteiger partial charge in [-0.2, -0.15) is 0 Å². The van der Waals surface area contributed by atoms with Crippen molar-refractivity contribution in [2.24, 2.45) is 5.92 Å². The maximum atomic E-state index is 13.4. The highest BCUT2D eigenvalue weighted by Gasteiger charge is 2.20. The molecule has 0 N–H and O–H groups in total. The van der Waals surface area contributed by atoms with Crippen molar-refractivity contribution >= 4 is 15.9 Å². The van der Waals surface area contributed by atoms with Gasteiger partial charge in [-0.15, -0.1) is 0 Å². The zero-order valence-electron chi connectivity index (χ0n) is 12.0. The molecular weight excluding hydrogens is 303 g/mol. The van der Waals surface area contributed by atoms with E-state index in [0.29, 0.717) is 4.83 Å². The SMILES string of the molecule is Cc1cc(F)cc(C)c1C(Br)CC1CCCCCC1. The van der Waals surface area contributed by atoms with Crippen LogP contribution in [0.5, 0.6) is 0 Å². The molecule has 0 nitrogen and oxygen atoms in total. The predicted octanol–water partition coefficient (Wildman–Crippen LogP) is 6.24. The molecule has 1 aromatic rings. The highest BCUT2D eigenvalue weighted by Crippen LogP contribution is 2.38. The lowest BCUT2D eigenvalue weighted by Gasteiger charge is -2.21. The number of aryl methyl sites for hydroxylation is 2. The molecule has 1 atom stereocenters. The molecule has 2 rings (SSSR count). The molecule has 0 aromatic heterocycles. The summed E-state index contributed by atoms with van der Waals surface area (Å²) in [6.45, 7) is 4.04. The van der Waals surface area contributed by atoms with Crippen LogP contribution < -0.4 is 0 Å². The van der Waals surface area contributed by atoms with E-state index in [1.807, 2.05) is 13.8 Å². The van der Waals surface area contributed by atoms with E-state index in [-0.39, 0.29) is 5.82 Å². The molecule has 1 aliphatic carbocycles. The van der Waals surface area contributed by atoms with E-state index in [1.165, 1.54) is 50.5 Å². The minimum atomic E-state index is -0.118. The molecule has 0 heterocycles. The number of benzene rings is 1. The van der Waals surface area contributed by atoms with Crippen molar-refractivity contribution in [3.63, 3.8) is 0 Å². The Morgan fingerprint density at radius 3 is 2.16 bits per heavy atom. The van der Waals surface area contributed by atoms with E-state index >= 15 is 0 Å². The Bertz CT molecular complexity index is 396.